The smallest absolute Gasteiger partial charge is 0.0249 e. The highest BCUT2D eigenvalue weighted by molar-refractivity contribution is 4.90. The van der Waals surface area contributed by atoms with Gasteiger partial charge in [0.05, 0.1) is 0 Å². The standard InChI is InChI=1S/C14H28N2/c1-3-12(2)11-16-10-5-4-8-14(16)13-7-6-9-15-13/h12-15H,3-11H2,1-2H3. The van der Waals surface area contributed by atoms with E-state index in [1.54, 1.807) is 0 Å². The molecule has 0 saturated carbocycles. The van der Waals surface area contributed by atoms with E-state index in [2.05, 4.69) is 24.1 Å². The summed E-state index contributed by atoms with van der Waals surface area (Å²) in [6.07, 6.45) is 8.40. The van der Waals surface area contributed by atoms with Crippen LogP contribution < -0.4 is 5.32 Å². The Hall–Kier alpha value is -0.0800. The minimum atomic E-state index is 0.796. The van der Waals surface area contributed by atoms with Crippen molar-refractivity contribution in [3.63, 3.8) is 0 Å². The van der Waals surface area contributed by atoms with Crippen molar-refractivity contribution in [1.82, 2.24) is 10.2 Å². The van der Waals surface area contributed by atoms with Gasteiger partial charge in [-0.05, 0) is 44.7 Å². The molecule has 1 N–H and O–H groups in total. The van der Waals surface area contributed by atoms with Crippen LogP contribution in [0.5, 0.6) is 0 Å². The van der Waals surface area contributed by atoms with E-state index in [1.807, 2.05) is 0 Å². The van der Waals surface area contributed by atoms with E-state index in [4.69, 9.17) is 0 Å². The van der Waals surface area contributed by atoms with E-state index in [0.717, 1.165) is 18.0 Å². The molecular weight excluding hydrogens is 196 g/mol. The molecule has 3 unspecified atom stereocenters. The van der Waals surface area contributed by atoms with Crippen LogP contribution in [0.25, 0.3) is 0 Å². The predicted molar refractivity (Wildman–Crippen MR) is 69.7 cm³/mol. The minimum absolute atomic E-state index is 0.796. The number of nitrogens with one attached hydrogen (secondary N) is 1. The number of nitrogens with zero attached hydrogens (tertiary/aromatic N) is 1. The maximum absolute atomic E-state index is 3.71. The number of hydrogen-bond donors (Lipinski definition) is 1. The Morgan fingerprint density at radius 2 is 2.12 bits per heavy atom. The van der Waals surface area contributed by atoms with Crippen LogP contribution in [-0.4, -0.2) is 36.6 Å². The minimum Gasteiger partial charge on any atom is -0.312 e. The van der Waals surface area contributed by atoms with Crippen molar-refractivity contribution in [3.8, 4) is 0 Å². The second-order valence-electron chi connectivity index (χ2n) is 5.77. The molecule has 2 fully saturated rings. The fourth-order valence-corrected chi connectivity index (χ4v) is 3.27. The average Bonchev–Trinajstić information content (AvgIpc) is 2.83. The summed E-state index contributed by atoms with van der Waals surface area (Å²) in [5.74, 6) is 0.863. The van der Waals surface area contributed by atoms with Crippen molar-refractivity contribution in [3.05, 3.63) is 0 Å². The maximum atomic E-state index is 3.71. The third-order valence-corrected chi connectivity index (χ3v) is 4.47. The van der Waals surface area contributed by atoms with Crippen molar-refractivity contribution in [2.75, 3.05) is 19.6 Å². The summed E-state index contributed by atoms with van der Waals surface area (Å²) in [6, 6.07) is 1.63. The van der Waals surface area contributed by atoms with Crippen LogP contribution in [-0.2, 0) is 0 Å². The molecule has 16 heavy (non-hydrogen) atoms. The van der Waals surface area contributed by atoms with Gasteiger partial charge in [-0.15, -0.1) is 0 Å². The van der Waals surface area contributed by atoms with Crippen molar-refractivity contribution >= 4 is 0 Å². The summed E-state index contributed by atoms with van der Waals surface area (Å²) < 4.78 is 0. The van der Waals surface area contributed by atoms with E-state index < -0.39 is 0 Å². The SMILES string of the molecule is CCC(C)CN1CCCCC1C1CCCN1. The Morgan fingerprint density at radius 1 is 1.25 bits per heavy atom. The maximum Gasteiger partial charge on any atom is 0.0249 e. The lowest BCUT2D eigenvalue weighted by Gasteiger charge is -2.40. The largest absolute Gasteiger partial charge is 0.312 e. The Labute approximate surface area is 101 Å². The highest BCUT2D eigenvalue weighted by atomic mass is 15.2. The van der Waals surface area contributed by atoms with E-state index >= 15 is 0 Å². The van der Waals surface area contributed by atoms with E-state index in [-0.39, 0.29) is 0 Å². The Kier molecular flexibility index (Phi) is 4.66. The summed E-state index contributed by atoms with van der Waals surface area (Å²) in [5, 5.41) is 3.71. The van der Waals surface area contributed by atoms with Crippen molar-refractivity contribution in [2.45, 2.75) is 64.5 Å². The molecule has 2 heterocycles. The molecule has 0 aromatic rings. The van der Waals surface area contributed by atoms with Gasteiger partial charge in [0.15, 0.2) is 0 Å². The van der Waals surface area contributed by atoms with Crippen LogP contribution in [0.1, 0.15) is 52.4 Å². The first-order valence-corrected chi connectivity index (χ1v) is 7.28. The average molecular weight is 224 g/mol. The van der Waals surface area contributed by atoms with Crippen molar-refractivity contribution in [2.24, 2.45) is 5.92 Å². The lowest BCUT2D eigenvalue weighted by Crippen LogP contribution is -2.51. The molecule has 2 saturated heterocycles. The normalized spacial score (nSPS) is 34.1. The topological polar surface area (TPSA) is 15.3 Å². The Balaban J connectivity index is 1.90. The zero-order valence-electron chi connectivity index (χ0n) is 11.0. The molecule has 2 rings (SSSR count). The van der Waals surface area contributed by atoms with Gasteiger partial charge >= 0.3 is 0 Å². The fraction of sp³-hybridized carbons (Fsp3) is 1.00. The van der Waals surface area contributed by atoms with Gasteiger partial charge in [-0.25, -0.2) is 0 Å². The van der Waals surface area contributed by atoms with E-state index in [0.29, 0.717) is 0 Å². The van der Waals surface area contributed by atoms with E-state index in [9.17, 15) is 0 Å². The highest BCUT2D eigenvalue weighted by Gasteiger charge is 2.31. The lowest BCUT2D eigenvalue weighted by atomic mass is 9.93. The molecule has 3 atom stereocenters. The molecule has 0 aromatic heterocycles. The fourth-order valence-electron chi connectivity index (χ4n) is 3.27. The van der Waals surface area contributed by atoms with E-state index in [1.165, 1.54) is 58.2 Å². The second-order valence-corrected chi connectivity index (χ2v) is 5.77. The third kappa shape index (κ3) is 2.98. The van der Waals surface area contributed by atoms with Gasteiger partial charge in [-0.3, -0.25) is 4.90 Å². The quantitative estimate of drug-likeness (QED) is 0.790. The first kappa shape index (κ1) is 12.4. The van der Waals surface area contributed by atoms with Crippen LogP contribution in [0.3, 0.4) is 0 Å². The van der Waals surface area contributed by atoms with Gasteiger partial charge < -0.3 is 5.32 Å². The molecule has 2 nitrogen and oxygen atoms in total. The Morgan fingerprint density at radius 3 is 2.81 bits per heavy atom. The first-order valence-electron chi connectivity index (χ1n) is 7.28. The Bertz CT molecular complexity index is 199. The molecule has 0 spiro atoms. The molecule has 2 aliphatic heterocycles. The molecular formula is C14H28N2. The monoisotopic (exact) mass is 224 g/mol. The number of hydrogen-bond acceptors (Lipinski definition) is 2. The number of likely N-dealkylation sites (tertiary alicyclic amines) is 1. The van der Waals surface area contributed by atoms with Gasteiger partial charge in [0.25, 0.3) is 0 Å². The predicted octanol–water partition coefficient (Wildman–Crippen LogP) is 2.64. The lowest BCUT2D eigenvalue weighted by molar-refractivity contribution is 0.103. The van der Waals surface area contributed by atoms with Crippen molar-refractivity contribution < 1.29 is 0 Å². The zero-order chi connectivity index (χ0) is 11.4. The molecule has 0 aliphatic carbocycles. The number of rotatable bonds is 4. The molecule has 0 amide bonds. The number of piperidine rings is 1. The summed E-state index contributed by atoms with van der Waals surface area (Å²) in [6.45, 7) is 8.62. The van der Waals surface area contributed by atoms with Gasteiger partial charge in [0, 0.05) is 18.6 Å². The second kappa shape index (κ2) is 6.02. The summed E-state index contributed by atoms with van der Waals surface area (Å²) in [4.78, 5) is 2.78. The van der Waals surface area contributed by atoms with Crippen LogP contribution in [0, 0.1) is 5.92 Å². The molecule has 94 valence electrons. The molecule has 0 radical (unpaired) electrons. The van der Waals surface area contributed by atoms with Crippen LogP contribution in [0.15, 0.2) is 0 Å². The van der Waals surface area contributed by atoms with Crippen LogP contribution in [0.4, 0.5) is 0 Å². The molecule has 2 aliphatic rings. The highest BCUT2D eigenvalue weighted by Crippen LogP contribution is 2.25. The molecule has 0 aromatic carbocycles. The van der Waals surface area contributed by atoms with Gasteiger partial charge in [-0.2, -0.15) is 0 Å². The van der Waals surface area contributed by atoms with Gasteiger partial charge in [0.1, 0.15) is 0 Å². The third-order valence-electron chi connectivity index (χ3n) is 4.47. The van der Waals surface area contributed by atoms with Gasteiger partial charge in [0.2, 0.25) is 0 Å². The van der Waals surface area contributed by atoms with Crippen molar-refractivity contribution in [1.29, 1.82) is 0 Å². The summed E-state index contributed by atoms with van der Waals surface area (Å²) in [5.41, 5.74) is 0. The first-order chi connectivity index (χ1) is 7.81. The molecule has 2 heteroatoms. The summed E-state index contributed by atoms with van der Waals surface area (Å²) >= 11 is 0. The van der Waals surface area contributed by atoms with Crippen LogP contribution >= 0.6 is 0 Å². The van der Waals surface area contributed by atoms with Crippen LogP contribution in [0.2, 0.25) is 0 Å². The molecule has 0 bridgehead atoms. The zero-order valence-corrected chi connectivity index (χ0v) is 11.0. The summed E-state index contributed by atoms with van der Waals surface area (Å²) in [7, 11) is 0. The van der Waals surface area contributed by atoms with Gasteiger partial charge in [-0.1, -0.05) is 26.7 Å².